The van der Waals surface area contributed by atoms with Crippen molar-refractivity contribution in [3.63, 3.8) is 0 Å². The number of carbonyl (C=O) groups excluding carboxylic acids is 3. The number of aryl methyl sites for hydroxylation is 1. The van der Waals surface area contributed by atoms with Crippen LogP contribution in [0.1, 0.15) is 73.8 Å². The van der Waals surface area contributed by atoms with Gasteiger partial charge in [0.05, 0.1) is 6.04 Å². The van der Waals surface area contributed by atoms with E-state index in [-0.39, 0.29) is 29.7 Å². The smallest absolute Gasteiger partial charge is 0.270 e. The molecule has 1 aliphatic heterocycles. The number of aromatic nitrogens is 2. The molecular weight excluding hydrogens is 491 g/mol. The summed E-state index contributed by atoms with van der Waals surface area (Å²) in [5.74, 6) is 3.84. The van der Waals surface area contributed by atoms with Gasteiger partial charge in [-0.05, 0) is 61.6 Å². The predicted molar refractivity (Wildman–Crippen MR) is 136 cm³/mol. The molecule has 4 N–H and O–H groups in total. The van der Waals surface area contributed by atoms with Crippen LogP contribution < -0.4 is 16.5 Å². The van der Waals surface area contributed by atoms with Crippen LogP contribution in [0.25, 0.3) is 0 Å². The highest BCUT2D eigenvalue weighted by atomic mass is 19.1. The number of likely N-dealkylation sites (tertiary alicyclic amines) is 1. The largest absolute Gasteiger partial charge is 0.347 e. The molecular formula is C27H29FN6O4. The molecule has 1 aliphatic rings. The summed E-state index contributed by atoms with van der Waals surface area (Å²) in [7, 11) is 0. The monoisotopic (exact) mass is 520 g/mol. The zero-order chi connectivity index (χ0) is 27.2. The van der Waals surface area contributed by atoms with Gasteiger partial charge in [-0.15, -0.1) is 0 Å². The van der Waals surface area contributed by atoms with Gasteiger partial charge in [0, 0.05) is 24.7 Å². The maximum absolute atomic E-state index is 13.4. The Hall–Kier alpha value is -4.22. The topological polar surface area (TPSA) is 140 Å². The van der Waals surface area contributed by atoms with Crippen molar-refractivity contribution < 1.29 is 23.6 Å². The minimum absolute atomic E-state index is 0.0289. The first-order valence-corrected chi connectivity index (χ1v) is 12.2. The first-order chi connectivity index (χ1) is 18.3. The molecule has 11 heteroatoms. The number of carbonyl (C=O) groups is 3. The number of nitrogens with one attached hydrogen (secondary N) is 2. The summed E-state index contributed by atoms with van der Waals surface area (Å²) in [4.78, 5) is 52.6. The fourth-order valence-electron chi connectivity index (χ4n) is 4.24. The summed E-state index contributed by atoms with van der Waals surface area (Å²) in [5.41, 5.74) is 2.56. The average Bonchev–Trinajstić information content (AvgIpc) is 3.42. The molecule has 38 heavy (non-hydrogen) atoms. The molecule has 1 saturated heterocycles. The fourth-order valence-corrected chi connectivity index (χ4v) is 4.24. The molecule has 3 aromatic rings. The Morgan fingerprint density at radius 1 is 1.11 bits per heavy atom. The van der Waals surface area contributed by atoms with Gasteiger partial charge >= 0.3 is 0 Å². The highest BCUT2D eigenvalue weighted by molar-refractivity contribution is 5.97. The SMILES string of the molecule is Cc1cc(CNC(=O)c2cc(C(=O)NC(C)c3ccc(C(=O)N4CCCC4ON)cc3)ncn2)ccc1F. The third-order valence-electron chi connectivity index (χ3n) is 6.43. The van der Waals surface area contributed by atoms with Crippen molar-refractivity contribution in [1.82, 2.24) is 25.5 Å². The predicted octanol–water partition coefficient (Wildman–Crippen LogP) is 2.80. The molecule has 0 bridgehead atoms. The third-order valence-corrected chi connectivity index (χ3v) is 6.43. The van der Waals surface area contributed by atoms with Gasteiger partial charge in [0.25, 0.3) is 17.7 Å². The molecule has 3 amide bonds. The van der Waals surface area contributed by atoms with E-state index in [2.05, 4.69) is 20.6 Å². The van der Waals surface area contributed by atoms with E-state index in [1.807, 2.05) is 0 Å². The van der Waals surface area contributed by atoms with E-state index in [1.165, 1.54) is 12.1 Å². The van der Waals surface area contributed by atoms with Crippen molar-refractivity contribution in [3.8, 4) is 0 Å². The van der Waals surface area contributed by atoms with E-state index < -0.39 is 24.1 Å². The van der Waals surface area contributed by atoms with E-state index in [9.17, 15) is 18.8 Å². The Labute approximate surface area is 219 Å². The number of hydrogen-bond donors (Lipinski definition) is 3. The molecule has 0 spiro atoms. The Bertz CT molecular complexity index is 1330. The Morgan fingerprint density at radius 2 is 1.82 bits per heavy atom. The summed E-state index contributed by atoms with van der Waals surface area (Å²) in [6.45, 7) is 4.21. The summed E-state index contributed by atoms with van der Waals surface area (Å²) < 4.78 is 13.4. The molecule has 0 saturated carbocycles. The van der Waals surface area contributed by atoms with E-state index >= 15 is 0 Å². The zero-order valence-corrected chi connectivity index (χ0v) is 21.1. The molecule has 0 radical (unpaired) electrons. The molecule has 1 fully saturated rings. The maximum Gasteiger partial charge on any atom is 0.270 e. The van der Waals surface area contributed by atoms with Crippen molar-refractivity contribution in [3.05, 3.63) is 94.3 Å². The van der Waals surface area contributed by atoms with Crippen LogP contribution in [-0.2, 0) is 11.4 Å². The summed E-state index contributed by atoms with van der Waals surface area (Å²) >= 11 is 0. The van der Waals surface area contributed by atoms with Gasteiger partial charge in [0.2, 0.25) is 0 Å². The first kappa shape index (κ1) is 26.8. The van der Waals surface area contributed by atoms with Crippen LogP contribution in [0.4, 0.5) is 4.39 Å². The number of halogens is 1. The van der Waals surface area contributed by atoms with Crippen LogP contribution in [0.5, 0.6) is 0 Å². The van der Waals surface area contributed by atoms with Gasteiger partial charge in [-0.25, -0.2) is 20.3 Å². The van der Waals surface area contributed by atoms with Crippen LogP contribution in [0, 0.1) is 12.7 Å². The molecule has 4 rings (SSSR count). The number of amides is 3. The molecule has 1 aromatic heterocycles. The van der Waals surface area contributed by atoms with E-state index in [4.69, 9.17) is 10.7 Å². The Balaban J connectivity index is 1.35. The van der Waals surface area contributed by atoms with Gasteiger partial charge in [0.15, 0.2) is 6.23 Å². The van der Waals surface area contributed by atoms with Gasteiger partial charge in [-0.2, -0.15) is 0 Å². The molecule has 10 nitrogen and oxygen atoms in total. The standard InChI is InChI=1S/C27H29FN6O4/c1-16-12-18(5-10-21(16)28)14-30-25(35)22-13-23(32-15-31-22)26(36)33-17(2)19-6-8-20(9-7-19)27(37)34-11-3-4-24(34)38-29/h5-10,12-13,15,17,24H,3-4,11,14,29H2,1-2H3,(H,30,35)(H,33,36). The van der Waals surface area contributed by atoms with E-state index in [1.54, 1.807) is 55.1 Å². The molecule has 0 aliphatic carbocycles. The zero-order valence-electron chi connectivity index (χ0n) is 21.1. The highest BCUT2D eigenvalue weighted by Crippen LogP contribution is 2.21. The van der Waals surface area contributed by atoms with Gasteiger partial charge in [-0.1, -0.05) is 24.3 Å². The van der Waals surface area contributed by atoms with Gasteiger partial charge in [0.1, 0.15) is 23.5 Å². The minimum atomic E-state index is -0.489. The molecule has 198 valence electrons. The second kappa shape index (κ2) is 11.9. The third kappa shape index (κ3) is 6.18. The van der Waals surface area contributed by atoms with Gasteiger partial charge < -0.3 is 15.5 Å². The lowest BCUT2D eigenvalue weighted by Gasteiger charge is -2.23. The van der Waals surface area contributed by atoms with Crippen molar-refractivity contribution >= 4 is 17.7 Å². The number of nitrogens with zero attached hydrogens (tertiary/aromatic N) is 3. The molecule has 2 heterocycles. The number of nitrogens with two attached hydrogens (primary N) is 1. The second-order valence-electron chi connectivity index (χ2n) is 9.10. The maximum atomic E-state index is 13.4. The lowest BCUT2D eigenvalue weighted by atomic mass is 10.1. The normalized spacial score (nSPS) is 15.7. The van der Waals surface area contributed by atoms with Crippen LogP contribution >= 0.6 is 0 Å². The van der Waals surface area contributed by atoms with Crippen molar-refractivity contribution in [2.45, 2.75) is 45.5 Å². The second-order valence-corrected chi connectivity index (χ2v) is 9.10. The lowest BCUT2D eigenvalue weighted by Crippen LogP contribution is -2.38. The van der Waals surface area contributed by atoms with Crippen molar-refractivity contribution in [2.75, 3.05) is 6.54 Å². The Morgan fingerprint density at radius 3 is 2.50 bits per heavy atom. The number of rotatable bonds is 8. The number of hydrogen-bond acceptors (Lipinski definition) is 7. The summed E-state index contributed by atoms with van der Waals surface area (Å²) in [6, 6.07) is 12.4. The van der Waals surface area contributed by atoms with Crippen molar-refractivity contribution in [1.29, 1.82) is 0 Å². The van der Waals surface area contributed by atoms with Crippen LogP contribution in [0.3, 0.4) is 0 Å². The van der Waals surface area contributed by atoms with Gasteiger partial charge in [-0.3, -0.25) is 19.2 Å². The highest BCUT2D eigenvalue weighted by Gasteiger charge is 2.29. The lowest BCUT2D eigenvalue weighted by molar-refractivity contribution is -0.0264. The average molecular weight is 521 g/mol. The van der Waals surface area contributed by atoms with E-state index in [0.29, 0.717) is 24.1 Å². The molecule has 2 unspecified atom stereocenters. The molecule has 2 aromatic carbocycles. The first-order valence-electron chi connectivity index (χ1n) is 12.2. The van der Waals surface area contributed by atoms with E-state index in [0.717, 1.165) is 23.9 Å². The van der Waals surface area contributed by atoms with Crippen LogP contribution in [0.2, 0.25) is 0 Å². The summed E-state index contributed by atoms with van der Waals surface area (Å²) in [6.07, 6.45) is 2.25. The van der Waals surface area contributed by atoms with Crippen molar-refractivity contribution in [2.24, 2.45) is 5.90 Å². The van der Waals surface area contributed by atoms with Crippen LogP contribution in [0.15, 0.2) is 54.9 Å². The molecule has 2 atom stereocenters. The minimum Gasteiger partial charge on any atom is -0.347 e. The fraction of sp³-hybridized carbons (Fsp3) is 0.296. The summed E-state index contributed by atoms with van der Waals surface area (Å²) in [5, 5.41) is 5.55. The quantitative estimate of drug-likeness (QED) is 0.388. The van der Waals surface area contributed by atoms with Crippen LogP contribution in [-0.4, -0.2) is 45.4 Å². The Kier molecular flexibility index (Phi) is 8.39. The number of benzene rings is 2.